The van der Waals surface area contributed by atoms with Crippen molar-refractivity contribution in [3.05, 3.63) is 28.4 Å². The van der Waals surface area contributed by atoms with Gasteiger partial charge in [0.2, 0.25) is 5.82 Å². The molecular weight excluding hydrogens is 214 g/mol. The summed E-state index contributed by atoms with van der Waals surface area (Å²) in [6.07, 6.45) is 2.61. The summed E-state index contributed by atoms with van der Waals surface area (Å²) >= 11 is 1.86. The van der Waals surface area contributed by atoms with Crippen molar-refractivity contribution >= 4 is 23.3 Å². The third-order valence-corrected chi connectivity index (χ3v) is 3.42. The molecule has 0 saturated carbocycles. The molecule has 0 amide bonds. The Bertz CT molecular complexity index is 366. The maximum atomic E-state index is 10.7. The van der Waals surface area contributed by atoms with E-state index in [2.05, 4.69) is 10.3 Å². The quantitative estimate of drug-likeness (QED) is 0.628. The summed E-state index contributed by atoms with van der Waals surface area (Å²) in [7, 11) is 0. The van der Waals surface area contributed by atoms with Crippen molar-refractivity contribution in [1.29, 1.82) is 0 Å². The van der Waals surface area contributed by atoms with Crippen LogP contribution in [-0.2, 0) is 0 Å². The van der Waals surface area contributed by atoms with Gasteiger partial charge in [0.25, 0.3) is 0 Å². The number of anilines is 1. The van der Waals surface area contributed by atoms with Gasteiger partial charge in [-0.15, -0.1) is 0 Å². The highest BCUT2D eigenvalue weighted by Crippen LogP contribution is 2.25. The fraction of sp³-hybridized carbons (Fsp3) is 0.444. The van der Waals surface area contributed by atoms with Crippen LogP contribution >= 0.6 is 11.8 Å². The topological polar surface area (TPSA) is 68.1 Å². The highest BCUT2D eigenvalue weighted by Gasteiger charge is 2.20. The third-order valence-electron chi connectivity index (χ3n) is 2.25. The average molecular weight is 225 g/mol. The molecule has 15 heavy (non-hydrogen) atoms. The van der Waals surface area contributed by atoms with Crippen LogP contribution in [0.15, 0.2) is 18.3 Å². The second-order valence-electron chi connectivity index (χ2n) is 3.33. The summed E-state index contributed by atoms with van der Waals surface area (Å²) in [5.41, 5.74) is 0.0504. The first kappa shape index (κ1) is 10.2. The predicted molar refractivity (Wildman–Crippen MR) is 60.2 cm³/mol. The van der Waals surface area contributed by atoms with Crippen LogP contribution in [0.1, 0.15) is 6.42 Å². The lowest BCUT2D eigenvalue weighted by Crippen LogP contribution is -2.19. The zero-order valence-corrected chi connectivity index (χ0v) is 8.87. The molecule has 0 aromatic carbocycles. The minimum absolute atomic E-state index is 0.0504. The molecule has 2 rings (SSSR count). The van der Waals surface area contributed by atoms with Crippen LogP contribution in [0.4, 0.5) is 11.5 Å². The van der Waals surface area contributed by atoms with Crippen LogP contribution in [0.25, 0.3) is 0 Å². The molecule has 0 bridgehead atoms. The zero-order valence-electron chi connectivity index (χ0n) is 8.05. The molecule has 1 N–H and O–H groups in total. The molecule has 1 saturated heterocycles. The summed E-state index contributed by atoms with van der Waals surface area (Å²) in [6, 6.07) is 3.35. The van der Waals surface area contributed by atoms with Gasteiger partial charge in [0.05, 0.1) is 4.92 Å². The monoisotopic (exact) mass is 225 g/mol. The Morgan fingerprint density at radius 2 is 2.53 bits per heavy atom. The van der Waals surface area contributed by atoms with Crippen LogP contribution in [-0.4, -0.2) is 27.5 Å². The van der Waals surface area contributed by atoms with Gasteiger partial charge in [-0.05, 0) is 18.2 Å². The summed E-state index contributed by atoms with van der Waals surface area (Å²) in [5.74, 6) is 2.49. The van der Waals surface area contributed by atoms with Gasteiger partial charge < -0.3 is 5.32 Å². The summed E-state index contributed by atoms with van der Waals surface area (Å²) in [5, 5.41) is 13.8. The van der Waals surface area contributed by atoms with E-state index in [-0.39, 0.29) is 5.69 Å². The van der Waals surface area contributed by atoms with Gasteiger partial charge >= 0.3 is 5.69 Å². The van der Waals surface area contributed by atoms with E-state index in [9.17, 15) is 10.1 Å². The maximum Gasteiger partial charge on any atom is 0.311 e. The smallest absolute Gasteiger partial charge is 0.311 e. The SMILES string of the molecule is O=[N+]([O-])c1cccnc1NC1CCSC1. The molecule has 1 fully saturated rings. The third kappa shape index (κ3) is 2.38. The van der Waals surface area contributed by atoms with Gasteiger partial charge in [-0.1, -0.05) is 0 Å². The Labute approximate surface area is 91.4 Å². The van der Waals surface area contributed by atoms with E-state index >= 15 is 0 Å². The first-order chi connectivity index (χ1) is 7.27. The average Bonchev–Trinajstić information content (AvgIpc) is 2.71. The van der Waals surface area contributed by atoms with Crippen molar-refractivity contribution in [2.75, 3.05) is 16.8 Å². The summed E-state index contributed by atoms with van der Waals surface area (Å²) in [6.45, 7) is 0. The van der Waals surface area contributed by atoms with Crippen molar-refractivity contribution in [2.45, 2.75) is 12.5 Å². The minimum Gasteiger partial charge on any atom is -0.361 e. The molecule has 1 unspecified atom stereocenters. The normalized spacial score (nSPS) is 20.1. The van der Waals surface area contributed by atoms with E-state index in [1.807, 2.05) is 11.8 Å². The second-order valence-corrected chi connectivity index (χ2v) is 4.48. The number of rotatable bonds is 3. The number of nitrogens with one attached hydrogen (secondary N) is 1. The second kappa shape index (κ2) is 4.48. The number of thioether (sulfide) groups is 1. The van der Waals surface area contributed by atoms with Gasteiger partial charge in [0.1, 0.15) is 0 Å². The maximum absolute atomic E-state index is 10.7. The molecule has 0 aliphatic carbocycles. The first-order valence-electron chi connectivity index (χ1n) is 4.71. The number of hydrogen-bond donors (Lipinski definition) is 1. The number of nitrogens with zero attached hydrogens (tertiary/aromatic N) is 2. The van der Waals surface area contributed by atoms with Crippen LogP contribution in [0.2, 0.25) is 0 Å². The largest absolute Gasteiger partial charge is 0.361 e. The van der Waals surface area contributed by atoms with Gasteiger partial charge in [0, 0.05) is 24.1 Å². The predicted octanol–water partition coefficient (Wildman–Crippen LogP) is 1.91. The molecule has 0 radical (unpaired) electrons. The van der Waals surface area contributed by atoms with Crippen LogP contribution < -0.4 is 5.32 Å². The first-order valence-corrected chi connectivity index (χ1v) is 5.86. The van der Waals surface area contributed by atoms with Crippen molar-refractivity contribution in [1.82, 2.24) is 4.98 Å². The lowest BCUT2D eigenvalue weighted by atomic mass is 10.2. The Morgan fingerprint density at radius 1 is 1.67 bits per heavy atom. The molecular formula is C9H11N3O2S. The molecule has 0 spiro atoms. The molecule has 1 aromatic rings. The molecule has 1 atom stereocenters. The molecule has 1 aromatic heterocycles. The lowest BCUT2D eigenvalue weighted by Gasteiger charge is -2.11. The van der Waals surface area contributed by atoms with Crippen molar-refractivity contribution in [3.8, 4) is 0 Å². The molecule has 80 valence electrons. The van der Waals surface area contributed by atoms with Crippen molar-refractivity contribution in [3.63, 3.8) is 0 Å². The zero-order chi connectivity index (χ0) is 10.7. The van der Waals surface area contributed by atoms with E-state index < -0.39 is 4.92 Å². The highest BCUT2D eigenvalue weighted by atomic mass is 32.2. The molecule has 6 heteroatoms. The Kier molecular flexibility index (Phi) is 3.05. The van der Waals surface area contributed by atoms with Crippen molar-refractivity contribution < 1.29 is 4.92 Å². The molecule has 5 nitrogen and oxygen atoms in total. The van der Waals surface area contributed by atoms with E-state index in [0.29, 0.717) is 11.9 Å². The van der Waals surface area contributed by atoms with Crippen LogP contribution in [0, 0.1) is 10.1 Å². The molecule has 2 heterocycles. The van der Waals surface area contributed by atoms with Crippen LogP contribution in [0.5, 0.6) is 0 Å². The van der Waals surface area contributed by atoms with E-state index in [1.165, 1.54) is 6.07 Å². The van der Waals surface area contributed by atoms with Gasteiger partial charge in [0.15, 0.2) is 0 Å². The van der Waals surface area contributed by atoms with Gasteiger partial charge in [-0.2, -0.15) is 11.8 Å². The standard InChI is InChI=1S/C9H11N3O2S/c13-12(14)8-2-1-4-10-9(8)11-7-3-5-15-6-7/h1-2,4,7H,3,5-6H2,(H,10,11). The molecule has 1 aliphatic heterocycles. The lowest BCUT2D eigenvalue weighted by molar-refractivity contribution is -0.384. The van der Waals surface area contributed by atoms with Gasteiger partial charge in [-0.25, -0.2) is 4.98 Å². The van der Waals surface area contributed by atoms with Crippen LogP contribution in [0.3, 0.4) is 0 Å². The van der Waals surface area contributed by atoms with E-state index in [1.54, 1.807) is 12.3 Å². The molecule has 1 aliphatic rings. The fourth-order valence-corrected chi connectivity index (χ4v) is 2.65. The number of nitro groups is 1. The summed E-state index contributed by atoms with van der Waals surface area (Å²) < 4.78 is 0. The Balaban J connectivity index is 2.15. The van der Waals surface area contributed by atoms with E-state index in [0.717, 1.165) is 17.9 Å². The minimum atomic E-state index is -0.405. The Morgan fingerprint density at radius 3 is 3.20 bits per heavy atom. The Hall–Kier alpha value is -1.30. The number of hydrogen-bond acceptors (Lipinski definition) is 5. The fourth-order valence-electron chi connectivity index (χ4n) is 1.50. The van der Waals surface area contributed by atoms with Crippen molar-refractivity contribution in [2.24, 2.45) is 0 Å². The van der Waals surface area contributed by atoms with Gasteiger partial charge in [-0.3, -0.25) is 10.1 Å². The number of pyridine rings is 1. The highest BCUT2D eigenvalue weighted by molar-refractivity contribution is 7.99. The number of aromatic nitrogens is 1. The summed E-state index contributed by atoms with van der Waals surface area (Å²) in [4.78, 5) is 14.3. The van der Waals surface area contributed by atoms with E-state index in [4.69, 9.17) is 0 Å².